The average molecular weight is 313 g/mol. The zero-order valence-corrected chi connectivity index (χ0v) is 11.2. The van der Waals surface area contributed by atoms with E-state index in [9.17, 15) is 18.5 Å². The van der Waals surface area contributed by atoms with Crippen molar-refractivity contribution in [3.05, 3.63) is 34.4 Å². The molecule has 1 aromatic rings. The number of sulfone groups is 1. The van der Waals surface area contributed by atoms with Gasteiger partial charge in [0.05, 0.1) is 9.82 Å². The summed E-state index contributed by atoms with van der Waals surface area (Å²) < 4.78 is 24.9. The molecule has 0 atom stereocenters. The lowest BCUT2D eigenvalue weighted by atomic mass is 10.3. The van der Waals surface area contributed by atoms with Crippen LogP contribution in [0.3, 0.4) is 0 Å². The number of nitrogens with two attached hydrogens (primary N) is 3. The van der Waals surface area contributed by atoms with E-state index in [1.807, 2.05) is 0 Å². The monoisotopic (exact) mass is 313 g/mol. The van der Waals surface area contributed by atoms with Crippen LogP contribution in [0.5, 0.6) is 0 Å². The van der Waals surface area contributed by atoms with Gasteiger partial charge in [-0.15, -0.1) is 0 Å². The molecule has 112 valence electrons. The molecule has 7 N–H and O–H groups in total. The molecule has 0 radical (unpaired) electrons. The van der Waals surface area contributed by atoms with E-state index < -0.39 is 19.9 Å². The average Bonchev–Trinajstić information content (AvgIpc) is 2.37. The van der Waals surface area contributed by atoms with Crippen LogP contribution in [0.15, 0.2) is 39.1 Å². The molecule has 0 unspecified atom stereocenters. The molecule has 0 fully saturated rings. The van der Waals surface area contributed by atoms with Crippen LogP contribution in [-0.2, 0) is 9.84 Å². The van der Waals surface area contributed by atoms with Gasteiger partial charge in [0.15, 0.2) is 11.9 Å². The van der Waals surface area contributed by atoms with Gasteiger partial charge in [-0.25, -0.2) is 8.42 Å². The third-order valence-electron chi connectivity index (χ3n) is 2.57. The number of aliphatic imine (C=N–C) groups is 2. The molecule has 11 nitrogen and oxygen atoms in total. The highest BCUT2D eigenvalue weighted by molar-refractivity contribution is 7.92. The zero-order chi connectivity index (χ0) is 15.8. The van der Waals surface area contributed by atoms with E-state index in [-0.39, 0.29) is 22.5 Å². The van der Waals surface area contributed by atoms with E-state index >= 15 is 0 Å². The number of hydrogen-bond acceptors (Lipinski definition) is 10. The van der Waals surface area contributed by atoms with Crippen LogP contribution in [0.25, 0.3) is 0 Å². The third kappa shape index (κ3) is 2.48. The summed E-state index contributed by atoms with van der Waals surface area (Å²) in [6, 6.07) is 4.11. The summed E-state index contributed by atoms with van der Waals surface area (Å²) >= 11 is 0. The lowest BCUT2D eigenvalue weighted by molar-refractivity contribution is -0.384. The molecule has 0 amide bonds. The minimum absolute atomic E-state index is 0.267. The summed E-state index contributed by atoms with van der Waals surface area (Å²) in [6.07, 6.45) is 0. The Bertz CT molecular complexity index is 735. The number of rotatable bonds is 3. The maximum absolute atomic E-state index is 12.4. The van der Waals surface area contributed by atoms with Crippen molar-refractivity contribution >= 4 is 27.4 Å². The fraction of sp³-hybridized carbons (Fsp3) is 0.111. The van der Waals surface area contributed by atoms with Crippen molar-refractivity contribution in [2.45, 2.75) is 10.0 Å². The van der Waals surface area contributed by atoms with Gasteiger partial charge in [-0.2, -0.15) is 9.98 Å². The van der Waals surface area contributed by atoms with Gasteiger partial charge >= 0.3 is 5.12 Å². The van der Waals surface area contributed by atoms with Gasteiger partial charge in [-0.05, 0) is 12.1 Å². The number of nitrogens with one attached hydrogen (secondary N) is 1. The molecule has 0 aliphatic carbocycles. The van der Waals surface area contributed by atoms with Crippen molar-refractivity contribution in [2.24, 2.45) is 27.2 Å². The Balaban J connectivity index is 2.51. The molecule has 1 aromatic carbocycles. The van der Waals surface area contributed by atoms with Crippen molar-refractivity contribution in [3.8, 4) is 0 Å². The molecule has 12 heteroatoms. The van der Waals surface area contributed by atoms with Gasteiger partial charge in [0, 0.05) is 12.1 Å². The fourth-order valence-electron chi connectivity index (χ4n) is 1.60. The number of non-ortho nitro benzene ring substituents is 1. The minimum Gasteiger partial charge on any atom is -0.369 e. The highest BCUT2D eigenvalue weighted by Gasteiger charge is 2.43. The lowest BCUT2D eigenvalue weighted by Crippen LogP contribution is -2.56. The molecule has 1 heterocycles. The van der Waals surface area contributed by atoms with Gasteiger partial charge < -0.3 is 11.5 Å². The summed E-state index contributed by atoms with van der Waals surface area (Å²) in [5.74, 6) is -0.619. The Morgan fingerprint density at radius 1 is 1.14 bits per heavy atom. The summed E-state index contributed by atoms with van der Waals surface area (Å²) in [4.78, 5) is 16.7. The number of hydrogen-bond donors (Lipinski definition) is 4. The Labute approximate surface area is 118 Å². The van der Waals surface area contributed by atoms with E-state index in [0.29, 0.717) is 0 Å². The lowest BCUT2D eigenvalue weighted by Gasteiger charge is -2.25. The van der Waals surface area contributed by atoms with Crippen LogP contribution in [0.4, 0.5) is 5.69 Å². The Morgan fingerprint density at radius 2 is 1.62 bits per heavy atom. The summed E-state index contributed by atoms with van der Waals surface area (Å²) in [5, 5.41) is 10.4. The van der Waals surface area contributed by atoms with Crippen LogP contribution >= 0.6 is 0 Å². The number of nitro groups is 1. The maximum atomic E-state index is 12.4. The maximum Gasteiger partial charge on any atom is 0.318 e. The highest BCUT2D eigenvalue weighted by Crippen LogP contribution is 2.26. The minimum atomic E-state index is -4.29. The zero-order valence-electron chi connectivity index (χ0n) is 10.4. The van der Waals surface area contributed by atoms with Crippen molar-refractivity contribution < 1.29 is 13.3 Å². The standard InChI is InChI=1S/C9H11N7O4S/c10-7-13-8(11)15-9(12,14-7)21(19,20)6-3-1-5(2-4-6)16(17)18/h1-4H,12H2,(H5,10,11,13,14,15). The van der Waals surface area contributed by atoms with Crippen molar-refractivity contribution in [2.75, 3.05) is 0 Å². The first-order valence-corrected chi connectivity index (χ1v) is 6.90. The van der Waals surface area contributed by atoms with E-state index in [1.54, 1.807) is 0 Å². The molecule has 0 saturated carbocycles. The number of nitrogens with zero attached hydrogens (tertiary/aromatic N) is 3. The predicted molar refractivity (Wildman–Crippen MR) is 73.6 cm³/mol. The van der Waals surface area contributed by atoms with Crippen LogP contribution < -0.4 is 22.5 Å². The summed E-state index contributed by atoms with van der Waals surface area (Å²) in [7, 11) is -4.29. The smallest absolute Gasteiger partial charge is 0.318 e. The Kier molecular flexibility index (Phi) is 3.27. The van der Waals surface area contributed by atoms with E-state index in [4.69, 9.17) is 17.2 Å². The van der Waals surface area contributed by atoms with Crippen LogP contribution in [0.2, 0.25) is 0 Å². The quantitative estimate of drug-likeness (QED) is 0.369. The molecule has 0 spiro atoms. The molecule has 21 heavy (non-hydrogen) atoms. The van der Waals surface area contributed by atoms with Crippen LogP contribution in [0.1, 0.15) is 0 Å². The largest absolute Gasteiger partial charge is 0.369 e. The van der Waals surface area contributed by atoms with Gasteiger partial charge in [-0.1, -0.05) is 0 Å². The second-order valence-electron chi connectivity index (χ2n) is 4.03. The normalized spacial score (nSPS) is 17.4. The molecule has 0 bridgehead atoms. The topological polar surface area (TPSA) is 192 Å². The van der Waals surface area contributed by atoms with E-state index in [2.05, 4.69) is 15.3 Å². The van der Waals surface area contributed by atoms with Crippen LogP contribution in [-0.4, -0.2) is 30.4 Å². The SMILES string of the molecule is NC1=NC(N)(S(=O)(=O)c2ccc([N+](=O)[O-])cc2)N=C(N)N1. The van der Waals surface area contributed by atoms with Crippen molar-refractivity contribution in [1.29, 1.82) is 0 Å². The molecule has 2 rings (SSSR count). The van der Waals surface area contributed by atoms with Crippen LogP contribution in [0, 0.1) is 10.1 Å². The van der Waals surface area contributed by atoms with Gasteiger partial charge in [0.25, 0.3) is 5.69 Å². The highest BCUT2D eigenvalue weighted by atomic mass is 32.2. The third-order valence-corrected chi connectivity index (χ3v) is 4.44. The second-order valence-corrected chi connectivity index (χ2v) is 6.11. The molecule has 1 aliphatic heterocycles. The Morgan fingerprint density at radius 3 is 2.05 bits per heavy atom. The summed E-state index contributed by atoms with van der Waals surface area (Å²) in [6.45, 7) is 0. The number of benzene rings is 1. The van der Waals surface area contributed by atoms with Gasteiger partial charge in [0.1, 0.15) is 0 Å². The first kappa shape index (κ1) is 14.7. The first-order chi connectivity index (χ1) is 9.65. The molecular weight excluding hydrogens is 302 g/mol. The van der Waals surface area contributed by atoms with Crippen molar-refractivity contribution in [1.82, 2.24) is 5.32 Å². The molecular formula is C9H11N7O4S. The molecule has 1 aliphatic rings. The first-order valence-electron chi connectivity index (χ1n) is 5.41. The van der Waals surface area contributed by atoms with Gasteiger partial charge in [-0.3, -0.25) is 21.2 Å². The van der Waals surface area contributed by atoms with Crippen molar-refractivity contribution in [3.63, 3.8) is 0 Å². The Hall–Kier alpha value is -2.73. The van der Waals surface area contributed by atoms with E-state index in [1.165, 1.54) is 0 Å². The second kappa shape index (κ2) is 4.68. The number of nitro benzene ring substituents is 1. The fourth-order valence-corrected chi connectivity index (χ4v) is 2.88. The van der Waals surface area contributed by atoms with Gasteiger partial charge in [0.2, 0.25) is 9.84 Å². The number of guanidine groups is 2. The molecule has 0 saturated heterocycles. The predicted octanol–water partition coefficient (Wildman–Crippen LogP) is -1.83. The molecule has 0 aromatic heterocycles. The summed E-state index contributed by atoms with van der Waals surface area (Å²) in [5.41, 5.74) is 16.2. The van der Waals surface area contributed by atoms with E-state index in [0.717, 1.165) is 24.3 Å².